The zero-order chi connectivity index (χ0) is 10.7. The van der Waals surface area contributed by atoms with E-state index in [1.807, 2.05) is 24.3 Å². The van der Waals surface area contributed by atoms with Crippen LogP contribution in [0.2, 0.25) is 0 Å². The first kappa shape index (κ1) is 10.5. The van der Waals surface area contributed by atoms with Crippen LogP contribution >= 0.6 is 0 Å². The van der Waals surface area contributed by atoms with Crippen molar-refractivity contribution >= 4 is 0 Å². The van der Waals surface area contributed by atoms with Gasteiger partial charge in [0.05, 0.1) is 13.2 Å². The summed E-state index contributed by atoms with van der Waals surface area (Å²) >= 11 is 0. The number of ether oxygens (including phenoxy) is 2. The van der Waals surface area contributed by atoms with Crippen molar-refractivity contribution < 1.29 is 14.6 Å². The molecule has 3 heteroatoms. The van der Waals surface area contributed by atoms with Gasteiger partial charge in [0, 0.05) is 6.61 Å². The molecule has 1 aliphatic rings. The van der Waals surface area contributed by atoms with Crippen LogP contribution in [0.1, 0.15) is 24.5 Å². The lowest BCUT2D eigenvalue weighted by molar-refractivity contribution is -0.00260. The van der Waals surface area contributed by atoms with Gasteiger partial charge in [-0.2, -0.15) is 0 Å². The second-order valence-corrected chi connectivity index (χ2v) is 3.77. The predicted octanol–water partition coefficient (Wildman–Crippen LogP) is 1.91. The monoisotopic (exact) mass is 208 g/mol. The van der Waals surface area contributed by atoms with Crippen LogP contribution in [0, 0.1) is 0 Å². The van der Waals surface area contributed by atoms with Crippen LogP contribution in [0.5, 0.6) is 5.75 Å². The molecule has 1 aromatic rings. The fourth-order valence-corrected chi connectivity index (χ4v) is 1.87. The number of aliphatic hydroxyl groups excluding tert-OH is 1. The SMILES string of the molecule is COc1ccc(C(O)C2CCCO2)cc1. The topological polar surface area (TPSA) is 38.7 Å². The third kappa shape index (κ3) is 2.30. The summed E-state index contributed by atoms with van der Waals surface area (Å²) in [7, 11) is 1.63. The molecule has 15 heavy (non-hydrogen) atoms. The highest BCUT2D eigenvalue weighted by Crippen LogP contribution is 2.27. The van der Waals surface area contributed by atoms with Gasteiger partial charge in [0.2, 0.25) is 0 Å². The van der Waals surface area contributed by atoms with Crippen molar-refractivity contribution in [1.29, 1.82) is 0 Å². The summed E-state index contributed by atoms with van der Waals surface area (Å²) in [5.41, 5.74) is 0.891. The molecule has 0 radical (unpaired) electrons. The van der Waals surface area contributed by atoms with Gasteiger partial charge >= 0.3 is 0 Å². The maximum atomic E-state index is 10.0. The molecule has 0 aromatic heterocycles. The van der Waals surface area contributed by atoms with Gasteiger partial charge in [0.25, 0.3) is 0 Å². The minimum Gasteiger partial charge on any atom is -0.497 e. The second-order valence-electron chi connectivity index (χ2n) is 3.77. The highest BCUT2D eigenvalue weighted by Gasteiger charge is 2.25. The molecular formula is C12H16O3. The fraction of sp³-hybridized carbons (Fsp3) is 0.500. The first-order chi connectivity index (χ1) is 7.31. The molecule has 0 spiro atoms. The Morgan fingerprint density at radius 1 is 1.40 bits per heavy atom. The molecule has 82 valence electrons. The minimum absolute atomic E-state index is 0.0432. The van der Waals surface area contributed by atoms with Gasteiger partial charge in [-0.15, -0.1) is 0 Å². The molecule has 3 nitrogen and oxygen atoms in total. The largest absolute Gasteiger partial charge is 0.497 e. The molecular weight excluding hydrogens is 192 g/mol. The number of methoxy groups -OCH3 is 1. The average molecular weight is 208 g/mol. The van der Waals surface area contributed by atoms with E-state index in [2.05, 4.69) is 0 Å². The van der Waals surface area contributed by atoms with Gasteiger partial charge in [-0.3, -0.25) is 0 Å². The average Bonchev–Trinajstić information content (AvgIpc) is 2.82. The number of hydrogen-bond acceptors (Lipinski definition) is 3. The van der Waals surface area contributed by atoms with E-state index in [0.717, 1.165) is 30.8 Å². The summed E-state index contributed by atoms with van der Waals surface area (Å²) in [5, 5.41) is 10.0. The molecule has 0 saturated carbocycles. The maximum Gasteiger partial charge on any atom is 0.118 e. The van der Waals surface area contributed by atoms with E-state index >= 15 is 0 Å². The van der Waals surface area contributed by atoms with E-state index in [9.17, 15) is 5.11 Å². The Morgan fingerprint density at radius 3 is 2.67 bits per heavy atom. The Hall–Kier alpha value is -1.06. The number of rotatable bonds is 3. The highest BCUT2D eigenvalue weighted by atomic mass is 16.5. The third-order valence-corrected chi connectivity index (χ3v) is 2.77. The molecule has 0 bridgehead atoms. The van der Waals surface area contributed by atoms with Crippen molar-refractivity contribution in [2.75, 3.05) is 13.7 Å². The van der Waals surface area contributed by atoms with Gasteiger partial charge < -0.3 is 14.6 Å². The lowest BCUT2D eigenvalue weighted by Crippen LogP contribution is -2.16. The van der Waals surface area contributed by atoms with E-state index in [4.69, 9.17) is 9.47 Å². The Kier molecular flexibility index (Phi) is 3.23. The summed E-state index contributed by atoms with van der Waals surface area (Å²) < 4.78 is 10.5. The normalized spacial score (nSPS) is 22.7. The Bertz CT molecular complexity index is 301. The first-order valence-electron chi connectivity index (χ1n) is 5.25. The number of benzene rings is 1. The molecule has 2 atom stereocenters. The molecule has 1 N–H and O–H groups in total. The van der Waals surface area contributed by atoms with Crippen molar-refractivity contribution in [1.82, 2.24) is 0 Å². The summed E-state index contributed by atoms with van der Waals surface area (Å²) in [6.07, 6.45) is 1.42. The van der Waals surface area contributed by atoms with Gasteiger partial charge in [0.1, 0.15) is 11.9 Å². The minimum atomic E-state index is -0.515. The fourth-order valence-electron chi connectivity index (χ4n) is 1.87. The number of aliphatic hydroxyl groups is 1. The molecule has 1 aliphatic heterocycles. The zero-order valence-corrected chi connectivity index (χ0v) is 8.85. The lowest BCUT2D eigenvalue weighted by atomic mass is 10.0. The van der Waals surface area contributed by atoms with Gasteiger partial charge in [0.15, 0.2) is 0 Å². The van der Waals surface area contributed by atoms with Crippen LogP contribution in [0.3, 0.4) is 0 Å². The summed E-state index contributed by atoms with van der Waals surface area (Å²) in [6.45, 7) is 0.762. The van der Waals surface area contributed by atoms with Crippen LogP contribution in [0.25, 0.3) is 0 Å². The van der Waals surface area contributed by atoms with Crippen LogP contribution in [0.15, 0.2) is 24.3 Å². The molecule has 1 saturated heterocycles. The highest BCUT2D eigenvalue weighted by molar-refractivity contribution is 5.28. The summed E-state index contributed by atoms with van der Waals surface area (Å²) in [5.74, 6) is 0.804. The summed E-state index contributed by atoms with van der Waals surface area (Å²) in [4.78, 5) is 0. The van der Waals surface area contributed by atoms with Crippen LogP contribution in [-0.4, -0.2) is 24.9 Å². The van der Waals surface area contributed by atoms with Gasteiger partial charge in [-0.25, -0.2) is 0 Å². The smallest absolute Gasteiger partial charge is 0.118 e. The molecule has 2 rings (SSSR count). The van der Waals surface area contributed by atoms with Crippen molar-refractivity contribution in [3.63, 3.8) is 0 Å². The van der Waals surface area contributed by atoms with Crippen molar-refractivity contribution in [2.24, 2.45) is 0 Å². The Labute approximate surface area is 89.6 Å². The van der Waals surface area contributed by atoms with Crippen LogP contribution < -0.4 is 4.74 Å². The molecule has 0 amide bonds. The predicted molar refractivity (Wildman–Crippen MR) is 56.9 cm³/mol. The standard InChI is InChI=1S/C12H16O3/c1-14-10-6-4-9(5-7-10)12(13)11-3-2-8-15-11/h4-7,11-13H,2-3,8H2,1H3. The van der Waals surface area contributed by atoms with Crippen molar-refractivity contribution in [2.45, 2.75) is 25.0 Å². The molecule has 1 heterocycles. The van der Waals surface area contributed by atoms with E-state index in [1.165, 1.54) is 0 Å². The maximum absolute atomic E-state index is 10.0. The number of hydrogen-bond donors (Lipinski definition) is 1. The van der Waals surface area contributed by atoms with E-state index < -0.39 is 6.10 Å². The third-order valence-electron chi connectivity index (χ3n) is 2.77. The van der Waals surface area contributed by atoms with Crippen molar-refractivity contribution in [3.8, 4) is 5.75 Å². The molecule has 2 unspecified atom stereocenters. The van der Waals surface area contributed by atoms with E-state index in [-0.39, 0.29) is 6.10 Å². The lowest BCUT2D eigenvalue weighted by Gasteiger charge is -2.17. The molecule has 1 aromatic carbocycles. The Morgan fingerprint density at radius 2 is 2.13 bits per heavy atom. The quantitative estimate of drug-likeness (QED) is 0.824. The van der Waals surface area contributed by atoms with Gasteiger partial charge in [-0.1, -0.05) is 12.1 Å². The molecule has 0 aliphatic carbocycles. The second kappa shape index (κ2) is 4.64. The Balaban J connectivity index is 2.07. The van der Waals surface area contributed by atoms with Crippen LogP contribution in [-0.2, 0) is 4.74 Å². The van der Waals surface area contributed by atoms with Crippen LogP contribution in [0.4, 0.5) is 0 Å². The van der Waals surface area contributed by atoms with Gasteiger partial charge in [-0.05, 0) is 30.5 Å². The van der Waals surface area contributed by atoms with Crippen molar-refractivity contribution in [3.05, 3.63) is 29.8 Å². The van der Waals surface area contributed by atoms with E-state index in [0.29, 0.717) is 0 Å². The molecule has 1 fully saturated rings. The summed E-state index contributed by atoms with van der Waals surface area (Å²) in [6, 6.07) is 7.47. The van der Waals surface area contributed by atoms with E-state index in [1.54, 1.807) is 7.11 Å². The first-order valence-corrected chi connectivity index (χ1v) is 5.25. The zero-order valence-electron chi connectivity index (χ0n) is 8.85.